The first kappa shape index (κ1) is 37.8. The minimum Gasteiger partial charge on any atom is -0.494 e. The van der Waals surface area contributed by atoms with E-state index in [1.807, 2.05) is 45.3 Å². The van der Waals surface area contributed by atoms with Gasteiger partial charge < -0.3 is 14.5 Å². The summed E-state index contributed by atoms with van der Waals surface area (Å²) >= 11 is 0. The van der Waals surface area contributed by atoms with E-state index in [9.17, 15) is 14.3 Å². The molecule has 0 bridgehead atoms. The van der Waals surface area contributed by atoms with Crippen molar-refractivity contribution in [2.75, 3.05) is 40.5 Å². The van der Waals surface area contributed by atoms with E-state index >= 15 is 0 Å². The Kier molecular flexibility index (Phi) is 22.3. The highest BCUT2D eigenvalue weighted by Gasteiger charge is 2.24. The van der Waals surface area contributed by atoms with Gasteiger partial charge in [0, 0.05) is 12.8 Å². The molecule has 238 valence electrons. The lowest BCUT2D eigenvalue weighted by molar-refractivity contribution is -0.120. The summed E-state index contributed by atoms with van der Waals surface area (Å²) < 4.78 is 28.9. The molecule has 0 spiro atoms. The number of Topliss-reactive ketones (excluding diaryl/α,β-unsaturated/α-hetero) is 1. The molecule has 8 heteroatoms. The van der Waals surface area contributed by atoms with Crippen LogP contribution in [0.15, 0.2) is 24.3 Å². The zero-order valence-corrected chi connectivity index (χ0v) is 27.5. The number of nitrogens with zero attached hydrogens (tertiary/aromatic N) is 1. The van der Waals surface area contributed by atoms with Gasteiger partial charge in [-0.3, -0.25) is 13.8 Å². The summed E-state index contributed by atoms with van der Waals surface area (Å²) in [5, 5.41) is 0. The van der Waals surface area contributed by atoms with Crippen LogP contribution in [0.5, 0.6) is 5.75 Å². The highest BCUT2D eigenvalue weighted by Crippen LogP contribution is 2.44. The predicted octanol–water partition coefficient (Wildman–Crippen LogP) is 8.77. The molecular formula is C33H60NO6P. The second kappa shape index (κ2) is 24.2. The molecule has 41 heavy (non-hydrogen) atoms. The molecular weight excluding hydrogens is 537 g/mol. The number of carbonyl (C=O) groups is 1. The van der Waals surface area contributed by atoms with E-state index in [0.29, 0.717) is 32.3 Å². The van der Waals surface area contributed by atoms with E-state index in [0.717, 1.165) is 37.1 Å². The molecule has 0 aromatic heterocycles. The summed E-state index contributed by atoms with van der Waals surface area (Å²) in [4.78, 5) is 24.6. The topological polar surface area (TPSA) is 85.3 Å². The normalized spacial score (nSPS) is 13.8. The number of ketones is 1. The summed E-state index contributed by atoms with van der Waals surface area (Å²) in [6, 6.07) is 7.94. The maximum atomic E-state index is 12.4. The van der Waals surface area contributed by atoms with Crippen molar-refractivity contribution < 1.29 is 28.0 Å². The zero-order valence-electron chi connectivity index (χ0n) is 26.6. The quantitative estimate of drug-likeness (QED) is 0.0763. The Morgan fingerprint density at radius 3 is 2.12 bits per heavy atom. The minimum atomic E-state index is -4.17. The second-order valence-electron chi connectivity index (χ2n) is 11.7. The Balaban J connectivity index is 2.44. The number of phosphoric ester groups is 1. The number of benzene rings is 1. The lowest BCUT2D eigenvalue weighted by atomic mass is 9.94. The molecule has 2 unspecified atom stereocenters. The summed E-state index contributed by atoms with van der Waals surface area (Å²) in [6.07, 6.45) is 18.0. The van der Waals surface area contributed by atoms with Crippen LogP contribution in [0.3, 0.4) is 0 Å². The first-order chi connectivity index (χ1) is 19.8. The average molecular weight is 598 g/mol. The van der Waals surface area contributed by atoms with Gasteiger partial charge in [0.25, 0.3) is 0 Å². The number of hydrogen-bond acceptors (Lipinski definition) is 6. The molecule has 0 radical (unpaired) electrons. The van der Waals surface area contributed by atoms with E-state index in [1.54, 1.807) is 0 Å². The van der Waals surface area contributed by atoms with Crippen LogP contribution < -0.4 is 4.74 Å². The number of rotatable bonds is 28. The Morgan fingerprint density at radius 2 is 1.49 bits per heavy atom. The van der Waals surface area contributed by atoms with Crippen molar-refractivity contribution in [2.24, 2.45) is 5.92 Å². The summed E-state index contributed by atoms with van der Waals surface area (Å²) in [7, 11) is -0.194. The summed E-state index contributed by atoms with van der Waals surface area (Å²) in [5.74, 6) is 0.749. The third kappa shape index (κ3) is 22.0. The lowest BCUT2D eigenvalue weighted by Crippen LogP contribution is -2.17. The van der Waals surface area contributed by atoms with Crippen molar-refractivity contribution in [1.82, 2.24) is 4.90 Å². The third-order valence-corrected chi connectivity index (χ3v) is 8.20. The molecule has 0 aliphatic carbocycles. The first-order valence-corrected chi connectivity index (χ1v) is 17.7. The Bertz CT molecular complexity index is 834. The number of unbranched alkanes of at least 4 members (excludes halogenated alkanes) is 11. The van der Waals surface area contributed by atoms with E-state index in [-0.39, 0.29) is 24.9 Å². The smallest absolute Gasteiger partial charge is 0.472 e. The van der Waals surface area contributed by atoms with Crippen molar-refractivity contribution in [3.05, 3.63) is 29.8 Å². The van der Waals surface area contributed by atoms with Gasteiger partial charge in [-0.2, -0.15) is 0 Å². The van der Waals surface area contributed by atoms with E-state index < -0.39 is 7.82 Å². The van der Waals surface area contributed by atoms with Gasteiger partial charge in [-0.15, -0.1) is 0 Å². The van der Waals surface area contributed by atoms with Crippen LogP contribution in [-0.4, -0.2) is 56.0 Å². The monoisotopic (exact) mass is 597 g/mol. The fourth-order valence-corrected chi connectivity index (χ4v) is 5.73. The highest BCUT2D eigenvalue weighted by atomic mass is 31.2. The summed E-state index contributed by atoms with van der Waals surface area (Å²) in [5.41, 5.74) is 1.02. The van der Waals surface area contributed by atoms with Crippen LogP contribution in [0.2, 0.25) is 0 Å². The summed E-state index contributed by atoms with van der Waals surface area (Å²) in [6.45, 7) is 5.98. The minimum absolute atomic E-state index is 0.00917. The standard InChI is InChI=1S/C33H60NO6P/c1-5-7-8-9-10-11-12-13-14-15-17-24-38-33-22-19-21-30(28-33)26-31(27-32(35)20-6-2)29-40-41(36,37)39-25-18-16-23-34(3)4/h19,21-22,28,31H,5-18,20,23-27,29H2,1-4H3,(H,36,37). The third-order valence-electron chi connectivity index (χ3n) is 7.21. The highest BCUT2D eigenvalue weighted by molar-refractivity contribution is 7.47. The van der Waals surface area contributed by atoms with Crippen LogP contribution in [0.1, 0.15) is 122 Å². The number of phosphoric acid groups is 1. The predicted molar refractivity (Wildman–Crippen MR) is 170 cm³/mol. The number of hydrogen-bond donors (Lipinski definition) is 1. The maximum absolute atomic E-state index is 12.4. The number of ether oxygens (including phenoxy) is 1. The molecule has 0 amide bonds. The number of carbonyl (C=O) groups excluding carboxylic acids is 1. The van der Waals surface area contributed by atoms with Crippen molar-refractivity contribution in [3.8, 4) is 5.75 Å². The van der Waals surface area contributed by atoms with Gasteiger partial charge in [-0.1, -0.05) is 90.2 Å². The Hall–Kier alpha value is -1.24. The fourth-order valence-electron chi connectivity index (χ4n) is 4.89. The first-order valence-electron chi connectivity index (χ1n) is 16.3. The zero-order chi connectivity index (χ0) is 30.2. The molecule has 0 saturated carbocycles. The van der Waals surface area contributed by atoms with Crippen molar-refractivity contribution in [3.63, 3.8) is 0 Å². The molecule has 1 N–H and O–H groups in total. The van der Waals surface area contributed by atoms with Gasteiger partial charge in [-0.25, -0.2) is 4.57 Å². The van der Waals surface area contributed by atoms with Crippen LogP contribution in [0.4, 0.5) is 0 Å². The van der Waals surface area contributed by atoms with E-state index in [1.165, 1.54) is 64.2 Å². The fraction of sp³-hybridized carbons (Fsp3) is 0.788. The molecule has 0 saturated heterocycles. The molecule has 0 heterocycles. The molecule has 1 rings (SSSR count). The molecule has 1 aromatic carbocycles. The van der Waals surface area contributed by atoms with Gasteiger partial charge in [0.1, 0.15) is 11.5 Å². The lowest BCUT2D eigenvalue weighted by Gasteiger charge is -2.19. The van der Waals surface area contributed by atoms with Crippen LogP contribution in [0.25, 0.3) is 0 Å². The van der Waals surface area contributed by atoms with Crippen LogP contribution >= 0.6 is 7.82 Å². The van der Waals surface area contributed by atoms with Gasteiger partial charge in [0.15, 0.2) is 0 Å². The molecule has 7 nitrogen and oxygen atoms in total. The maximum Gasteiger partial charge on any atom is 0.472 e. The van der Waals surface area contributed by atoms with E-state index in [4.69, 9.17) is 13.8 Å². The van der Waals surface area contributed by atoms with Gasteiger partial charge in [0.2, 0.25) is 0 Å². The Labute approximate surface area is 251 Å². The van der Waals surface area contributed by atoms with E-state index in [2.05, 4.69) is 11.8 Å². The van der Waals surface area contributed by atoms with Gasteiger partial charge in [-0.05, 0) is 76.4 Å². The molecule has 0 aliphatic heterocycles. The molecule has 0 aliphatic rings. The van der Waals surface area contributed by atoms with Crippen LogP contribution in [0, 0.1) is 5.92 Å². The second-order valence-corrected chi connectivity index (χ2v) is 13.2. The largest absolute Gasteiger partial charge is 0.494 e. The van der Waals surface area contributed by atoms with Crippen molar-refractivity contribution >= 4 is 13.6 Å². The average Bonchev–Trinajstić information content (AvgIpc) is 2.92. The Morgan fingerprint density at radius 1 is 0.854 bits per heavy atom. The molecule has 0 fully saturated rings. The SMILES string of the molecule is CCCCCCCCCCCCCOc1cccc(CC(COP(=O)(O)OCCCCN(C)C)CC(=O)CCC)c1. The van der Waals surface area contributed by atoms with Gasteiger partial charge >= 0.3 is 7.82 Å². The van der Waals surface area contributed by atoms with Gasteiger partial charge in [0.05, 0.1) is 19.8 Å². The molecule has 2 atom stereocenters. The molecule has 1 aromatic rings. The van der Waals surface area contributed by atoms with Crippen LogP contribution in [-0.2, 0) is 24.8 Å². The van der Waals surface area contributed by atoms with Crippen molar-refractivity contribution in [2.45, 2.75) is 123 Å². The van der Waals surface area contributed by atoms with Crippen molar-refractivity contribution in [1.29, 1.82) is 0 Å².